The Morgan fingerprint density at radius 1 is 1.16 bits per heavy atom. The third-order valence-electron chi connectivity index (χ3n) is 3.46. The number of alkyl halides is 1. The van der Waals surface area contributed by atoms with Crippen molar-refractivity contribution in [1.29, 1.82) is 0 Å². The molecule has 2 nitrogen and oxygen atoms in total. The van der Waals surface area contributed by atoms with E-state index in [1.165, 1.54) is 16.8 Å². The molecule has 0 radical (unpaired) electrons. The first-order chi connectivity index (χ1) is 9.08. The number of rotatable bonds is 5. The van der Waals surface area contributed by atoms with Crippen LogP contribution < -0.4 is 0 Å². The second-order valence-corrected chi connectivity index (χ2v) is 5.96. The van der Waals surface area contributed by atoms with Crippen molar-refractivity contribution in [2.45, 2.75) is 26.7 Å². The third kappa shape index (κ3) is 3.93. The van der Waals surface area contributed by atoms with Gasteiger partial charge >= 0.3 is 0 Å². The van der Waals surface area contributed by atoms with Crippen LogP contribution in [0.1, 0.15) is 22.5 Å². The zero-order valence-corrected chi connectivity index (χ0v) is 13.4. The van der Waals surface area contributed by atoms with E-state index in [4.69, 9.17) is 0 Å². The Morgan fingerprint density at radius 3 is 2.37 bits per heavy atom. The lowest BCUT2D eigenvalue weighted by atomic mass is 9.96. The molecule has 2 aromatic rings. The smallest absolute Gasteiger partial charge is 0.0596 e. The number of aromatic nitrogens is 2. The molecule has 0 spiro atoms. The highest BCUT2D eigenvalue weighted by molar-refractivity contribution is 9.09. The summed E-state index contributed by atoms with van der Waals surface area (Å²) in [5.74, 6) is 0.609. The van der Waals surface area contributed by atoms with E-state index in [0.717, 1.165) is 23.9 Å². The number of benzene rings is 1. The Bertz CT molecular complexity index is 528. The van der Waals surface area contributed by atoms with Crippen molar-refractivity contribution >= 4 is 15.9 Å². The molecule has 0 saturated carbocycles. The molecule has 0 fully saturated rings. The van der Waals surface area contributed by atoms with Gasteiger partial charge in [-0.05, 0) is 44.2 Å². The number of hydrogen-bond acceptors (Lipinski definition) is 1. The van der Waals surface area contributed by atoms with Gasteiger partial charge in [-0.2, -0.15) is 5.10 Å². The lowest BCUT2D eigenvalue weighted by molar-refractivity contribution is 0.557. The number of aryl methyl sites for hydroxylation is 3. The Balaban J connectivity index is 2.04. The summed E-state index contributed by atoms with van der Waals surface area (Å²) in [7, 11) is 2.03. The lowest BCUT2D eigenvalue weighted by Crippen LogP contribution is -2.12. The fourth-order valence-corrected chi connectivity index (χ4v) is 2.85. The van der Waals surface area contributed by atoms with Gasteiger partial charge in [0.05, 0.1) is 5.69 Å². The minimum atomic E-state index is 0.609. The average molecular weight is 321 g/mol. The van der Waals surface area contributed by atoms with Crippen LogP contribution in [-0.2, 0) is 19.9 Å². The van der Waals surface area contributed by atoms with Gasteiger partial charge in [0.15, 0.2) is 0 Å². The molecule has 0 saturated heterocycles. The number of hydrogen-bond donors (Lipinski definition) is 0. The van der Waals surface area contributed by atoms with Gasteiger partial charge in [0, 0.05) is 18.1 Å². The summed E-state index contributed by atoms with van der Waals surface area (Å²) in [4.78, 5) is 0. The Morgan fingerprint density at radius 2 is 1.84 bits per heavy atom. The van der Waals surface area contributed by atoms with E-state index in [-0.39, 0.29) is 0 Å². The highest BCUT2D eigenvalue weighted by atomic mass is 79.9. The Hall–Kier alpha value is -1.09. The normalized spacial score (nSPS) is 12.6. The minimum absolute atomic E-state index is 0.609. The van der Waals surface area contributed by atoms with E-state index in [1.54, 1.807) is 0 Å². The van der Waals surface area contributed by atoms with Gasteiger partial charge in [-0.3, -0.25) is 4.68 Å². The van der Waals surface area contributed by atoms with Gasteiger partial charge in [0.1, 0.15) is 0 Å². The maximum Gasteiger partial charge on any atom is 0.0596 e. The number of nitrogens with zero attached hydrogens (tertiary/aromatic N) is 2. The van der Waals surface area contributed by atoms with Crippen LogP contribution in [-0.4, -0.2) is 15.1 Å². The maximum atomic E-state index is 4.42. The van der Waals surface area contributed by atoms with E-state index < -0.39 is 0 Å². The molecule has 3 heteroatoms. The highest BCUT2D eigenvalue weighted by Gasteiger charge is 2.12. The molecule has 0 aliphatic carbocycles. The van der Waals surface area contributed by atoms with E-state index in [2.05, 4.69) is 58.3 Å². The zero-order valence-electron chi connectivity index (χ0n) is 11.9. The van der Waals surface area contributed by atoms with Gasteiger partial charge in [0.2, 0.25) is 0 Å². The fraction of sp³-hybridized carbons (Fsp3) is 0.438. The van der Waals surface area contributed by atoms with Crippen LogP contribution in [0.2, 0.25) is 0 Å². The standard InChI is InChI=1S/C16H21BrN2/c1-12-4-6-14(7-5-12)9-15(11-17)10-16-8-13(2)18-19(16)3/h4-8,15H,9-11H2,1-3H3. The largest absolute Gasteiger partial charge is 0.272 e. The summed E-state index contributed by atoms with van der Waals surface area (Å²) in [6.07, 6.45) is 2.17. The van der Waals surface area contributed by atoms with Gasteiger partial charge in [-0.15, -0.1) is 0 Å². The molecule has 2 rings (SSSR count). The molecule has 0 aliphatic rings. The molecule has 102 valence electrons. The summed E-state index contributed by atoms with van der Waals surface area (Å²) in [6, 6.07) is 11.0. The zero-order chi connectivity index (χ0) is 13.8. The molecule has 0 bridgehead atoms. The average Bonchev–Trinajstić information content (AvgIpc) is 2.69. The SMILES string of the molecule is Cc1ccc(CC(CBr)Cc2cc(C)nn2C)cc1. The van der Waals surface area contributed by atoms with Crippen LogP contribution in [0.3, 0.4) is 0 Å². The predicted octanol–water partition coefficient (Wildman–Crippen LogP) is 3.83. The summed E-state index contributed by atoms with van der Waals surface area (Å²) >= 11 is 3.65. The predicted molar refractivity (Wildman–Crippen MR) is 83.8 cm³/mol. The van der Waals surface area contributed by atoms with Crippen molar-refractivity contribution in [3.63, 3.8) is 0 Å². The van der Waals surface area contributed by atoms with Crippen LogP contribution in [0.25, 0.3) is 0 Å². The molecule has 1 aromatic heterocycles. The van der Waals surface area contributed by atoms with Crippen LogP contribution in [0, 0.1) is 19.8 Å². The monoisotopic (exact) mass is 320 g/mol. The van der Waals surface area contributed by atoms with Gasteiger partial charge in [-0.25, -0.2) is 0 Å². The second kappa shape index (κ2) is 6.38. The topological polar surface area (TPSA) is 17.8 Å². The van der Waals surface area contributed by atoms with Crippen molar-refractivity contribution in [2.75, 3.05) is 5.33 Å². The summed E-state index contributed by atoms with van der Waals surface area (Å²) in [6.45, 7) is 4.18. The molecule has 1 heterocycles. The van der Waals surface area contributed by atoms with Gasteiger partial charge in [-0.1, -0.05) is 45.8 Å². The van der Waals surface area contributed by atoms with Crippen LogP contribution in [0.5, 0.6) is 0 Å². The van der Waals surface area contributed by atoms with Crippen LogP contribution in [0.4, 0.5) is 0 Å². The molecule has 0 aliphatic heterocycles. The quantitative estimate of drug-likeness (QED) is 0.765. The lowest BCUT2D eigenvalue weighted by Gasteiger charge is -2.14. The molecule has 1 atom stereocenters. The molecule has 1 unspecified atom stereocenters. The second-order valence-electron chi connectivity index (χ2n) is 5.31. The van der Waals surface area contributed by atoms with Crippen molar-refractivity contribution in [1.82, 2.24) is 9.78 Å². The summed E-state index contributed by atoms with van der Waals surface area (Å²) in [5, 5.41) is 5.44. The maximum absolute atomic E-state index is 4.42. The van der Waals surface area contributed by atoms with E-state index in [9.17, 15) is 0 Å². The number of halogens is 1. The van der Waals surface area contributed by atoms with Gasteiger partial charge in [0.25, 0.3) is 0 Å². The van der Waals surface area contributed by atoms with Crippen molar-refractivity contribution in [2.24, 2.45) is 13.0 Å². The summed E-state index contributed by atoms with van der Waals surface area (Å²) in [5.41, 5.74) is 5.14. The molecular weight excluding hydrogens is 300 g/mol. The first-order valence-corrected chi connectivity index (χ1v) is 7.81. The Labute approximate surface area is 124 Å². The molecule has 0 amide bonds. The first-order valence-electron chi connectivity index (χ1n) is 6.69. The molecule has 19 heavy (non-hydrogen) atoms. The van der Waals surface area contributed by atoms with Crippen molar-refractivity contribution < 1.29 is 0 Å². The molecule has 0 N–H and O–H groups in total. The van der Waals surface area contributed by atoms with Crippen LogP contribution >= 0.6 is 15.9 Å². The molecular formula is C16H21BrN2. The van der Waals surface area contributed by atoms with Crippen LogP contribution in [0.15, 0.2) is 30.3 Å². The highest BCUT2D eigenvalue weighted by Crippen LogP contribution is 2.17. The third-order valence-corrected chi connectivity index (χ3v) is 4.38. The van der Waals surface area contributed by atoms with E-state index >= 15 is 0 Å². The van der Waals surface area contributed by atoms with Crippen molar-refractivity contribution in [3.05, 3.63) is 52.8 Å². The van der Waals surface area contributed by atoms with E-state index in [0.29, 0.717) is 5.92 Å². The van der Waals surface area contributed by atoms with Crippen molar-refractivity contribution in [3.8, 4) is 0 Å². The first kappa shape index (κ1) is 14.3. The van der Waals surface area contributed by atoms with E-state index in [1.807, 2.05) is 18.7 Å². The Kier molecular flexibility index (Phi) is 4.81. The van der Waals surface area contributed by atoms with Gasteiger partial charge < -0.3 is 0 Å². The minimum Gasteiger partial charge on any atom is -0.272 e. The fourth-order valence-electron chi connectivity index (χ4n) is 2.39. The summed E-state index contributed by atoms with van der Waals surface area (Å²) < 4.78 is 2.00. The molecule has 1 aromatic carbocycles.